The van der Waals surface area contributed by atoms with Crippen LogP contribution in [0.2, 0.25) is 0 Å². The summed E-state index contributed by atoms with van der Waals surface area (Å²) in [6.07, 6.45) is 3.36. The summed E-state index contributed by atoms with van der Waals surface area (Å²) in [7, 11) is -3.97. The highest BCUT2D eigenvalue weighted by atomic mass is 32.2. The van der Waals surface area contributed by atoms with Gasteiger partial charge < -0.3 is 14.9 Å². The van der Waals surface area contributed by atoms with Crippen molar-refractivity contribution in [2.24, 2.45) is 0 Å². The Balaban J connectivity index is 1.84. The molecule has 5 rings (SSSR count). The number of rotatable bonds is 5. The number of piperazine rings is 1. The summed E-state index contributed by atoms with van der Waals surface area (Å²) < 4.78 is 56.7. The molecule has 1 fully saturated rings. The second-order valence-corrected chi connectivity index (χ2v) is 12.0. The monoisotopic (exact) mass is 596 g/mol. The molecule has 218 valence electrons. The van der Waals surface area contributed by atoms with Crippen LogP contribution in [0.4, 0.5) is 14.6 Å². The number of amides is 1. The number of aromatic nitrogens is 4. The van der Waals surface area contributed by atoms with E-state index in [0.717, 1.165) is 29.0 Å². The largest absolute Gasteiger partial charge is 0.507 e. The van der Waals surface area contributed by atoms with Crippen molar-refractivity contribution in [1.82, 2.24) is 24.4 Å². The van der Waals surface area contributed by atoms with Crippen molar-refractivity contribution >= 4 is 32.6 Å². The zero-order valence-electron chi connectivity index (χ0n) is 22.8. The van der Waals surface area contributed by atoms with Gasteiger partial charge in [0.05, 0.1) is 16.6 Å². The van der Waals surface area contributed by atoms with Gasteiger partial charge in [-0.05, 0) is 50.3 Å². The lowest BCUT2D eigenvalue weighted by molar-refractivity contribution is -0.128. The molecule has 2 atom stereocenters. The summed E-state index contributed by atoms with van der Waals surface area (Å²) in [4.78, 5) is 41.9. The molecule has 14 heteroatoms. The Morgan fingerprint density at radius 2 is 1.83 bits per heavy atom. The van der Waals surface area contributed by atoms with Gasteiger partial charge in [0.2, 0.25) is 5.91 Å². The Morgan fingerprint density at radius 1 is 1.10 bits per heavy atom. The molecule has 0 radical (unpaired) electrons. The lowest BCUT2D eigenvalue weighted by Crippen LogP contribution is -2.58. The van der Waals surface area contributed by atoms with Gasteiger partial charge in [-0.3, -0.25) is 4.79 Å². The third kappa shape index (κ3) is 4.87. The third-order valence-corrected chi connectivity index (χ3v) is 8.11. The van der Waals surface area contributed by atoms with Gasteiger partial charge in [-0.25, -0.2) is 36.5 Å². The predicted molar refractivity (Wildman–Crippen MR) is 151 cm³/mol. The smallest absolute Gasteiger partial charge is 0.355 e. The van der Waals surface area contributed by atoms with Crippen molar-refractivity contribution in [2.75, 3.05) is 24.2 Å². The maximum absolute atomic E-state index is 15.8. The van der Waals surface area contributed by atoms with Crippen molar-refractivity contribution in [3.63, 3.8) is 0 Å². The van der Waals surface area contributed by atoms with Gasteiger partial charge >= 0.3 is 5.69 Å². The normalized spacial score (nSPS) is 17.5. The Kier molecular flexibility index (Phi) is 7.27. The van der Waals surface area contributed by atoms with E-state index in [1.54, 1.807) is 23.6 Å². The van der Waals surface area contributed by atoms with E-state index in [1.807, 2.05) is 0 Å². The minimum absolute atomic E-state index is 0.0116. The van der Waals surface area contributed by atoms with E-state index in [0.29, 0.717) is 0 Å². The molecule has 0 spiro atoms. The first-order valence-electron chi connectivity index (χ1n) is 12.8. The summed E-state index contributed by atoms with van der Waals surface area (Å²) in [6.45, 7) is 7.60. The van der Waals surface area contributed by atoms with Crippen LogP contribution in [0.5, 0.6) is 5.75 Å². The van der Waals surface area contributed by atoms with Crippen LogP contribution in [0.25, 0.3) is 28.0 Å². The van der Waals surface area contributed by atoms with Gasteiger partial charge in [0.15, 0.2) is 26.3 Å². The van der Waals surface area contributed by atoms with Crippen LogP contribution in [0.3, 0.4) is 0 Å². The molecule has 11 nitrogen and oxygen atoms in total. The summed E-state index contributed by atoms with van der Waals surface area (Å²) in [5.41, 5.74) is -2.54. The number of nitrogens with zero attached hydrogens (tertiary/aromatic N) is 6. The van der Waals surface area contributed by atoms with E-state index >= 15 is 4.39 Å². The molecule has 4 aromatic rings. The number of phenolic OH excluding ortho intramolecular Hbond substituents is 1. The molecule has 0 aliphatic carbocycles. The van der Waals surface area contributed by atoms with Crippen LogP contribution >= 0.6 is 0 Å². The van der Waals surface area contributed by atoms with Crippen LogP contribution in [-0.2, 0) is 14.6 Å². The number of aromatic hydroxyl groups is 1. The Morgan fingerprint density at radius 3 is 2.50 bits per heavy atom. The number of hydrogen-bond acceptors (Lipinski definition) is 9. The number of pyridine rings is 2. The van der Waals surface area contributed by atoms with Crippen molar-refractivity contribution < 1.29 is 27.1 Å². The van der Waals surface area contributed by atoms with E-state index < -0.39 is 49.2 Å². The highest BCUT2D eigenvalue weighted by Gasteiger charge is 2.34. The van der Waals surface area contributed by atoms with Crippen LogP contribution in [-0.4, -0.2) is 75.3 Å². The molecule has 0 bridgehead atoms. The van der Waals surface area contributed by atoms with Gasteiger partial charge in [-0.15, -0.1) is 0 Å². The molecule has 1 saturated heterocycles. The molecule has 42 heavy (non-hydrogen) atoms. The highest BCUT2D eigenvalue weighted by Crippen LogP contribution is 2.36. The number of fused-ring (bicyclic) bond motifs is 1. The average molecular weight is 597 g/mol. The van der Waals surface area contributed by atoms with Crippen LogP contribution in [0.1, 0.15) is 13.8 Å². The molecule has 0 saturated carbocycles. The minimum Gasteiger partial charge on any atom is -0.507 e. The van der Waals surface area contributed by atoms with Crippen LogP contribution in [0.15, 0.2) is 65.1 Å². The first kappa shape index (κ1) is 28.8. The first-order chi connectivity index (χ1) is 19.8. The zero-order valence-corrected chi connectivity index (χ0v) is 23.6. The first-order valence-corrected chi connectivity index (χ1v) is 14.7. The van der Waals surface area contributed by atoms with Gasteiger partial charge in [-0.1, -0.05) is 12.6 Å². The molecular weight excluding hydrogens is 570 g/mol. The van der Waals surface area contributed by atoms with Gasteiger partial charge in [0.25, 0.3) is 0 Å². The fraction of sp³-hybridized carbons (Fsp3) is 0.250. The van der Waals surface area contributed by atoms with E-state index in [-0.39, 0.29) is 53.6 Å². The van der Waals surface area contributed by atoms with Crippen molar-refractivity contribution in [1.29, 1.82) is 0 Å². The Labute approximate surface area is 239 Å². The number of sulfone groups is 1. The number of carbonyl (C=O) groups excluding carboxylic acids is 1. The summed E-state index contributed by atoms with van der Waals surface area (Å²) >= 11 is 0. The van der Waals surface area contributed by atoms with E-state index in [9.17, 15) is 27.5 Å². The molecule has 1 amide bonds. The molecule has 4 heterocycles. The zero-order chi connectivity index (χ0) is 30.5. The number of hydrogen-bond donors (Lipinski definition) is 1. The van der Waals surface area contributed by atoms with Crippen molar-refractivity contribution in [3.05, 3.63) is 77.4 Å². The quantitative estimate of drug-likeness (QED) is 0.345. The topological polar surface area (TPSA) is 139 Å². The van der Waals surface area contributed by atoms with Gasteiger partial charge in [-0.2, -0.15) is 4.98 Å². The van der Waals surface area contributed by atoms with E-state index in [4.69, 9.17) is 0 Å². The number of phenols is 1. The van der Waals surface area contributed by atoms with E-state index in [1.165, 1.54) is 30.5 Å². The van der Waals surface area contributed by atoms with E-state index in [2.05, 4.69) is 21.5 Å². The predicted octanol–water partition coefficient (Wildman–Crippen LogP) is 2.84. The highest BCUT2D eigenvalue weighted by molar-refractivity contribution is 7.90. The van der Waals surface area contributed by atoms with Crippen LogP contribution < -0.4 is 10.6 Å². The Bertz CT molecular complexity index is 1910. The second kappa shape index (κ2) is 10.6. The summed E-state index contributed by atoms with van der Waals surface area (Å²) in [5.74, 6) is -2.81. The van der Waals surface area contributed by atoms with Crippen LogP contribution in [0, 0.1) is 11.6 Å². The fourth-order valence-corrected chi connectivity index (χ4v) is 5.94. The number of halogens is 2. The maximum atomic E-state index is 15.8. The van der Waals surface area contributed by atoms with Gasteiger partial charge in [0.1, 0.15) is 23.1 Å². The lowest BCUT2D eigenvalue weighted by Gasteiger charge is -2.44. The fourth-order valence-electron chi connectivity index (χ4n) is 5.15. The number of carbonyl (C=O) groups is 1. The molecule has 0 unspecified atom stereocenters. The molecule has 3 aromatic heterocycles. The number of benzene rings is 1. The molecule has 1 aromatic carbocycles. The summed E-state index contributed by atoms with van der Waals surface area (Å²) in [5, 5.41) is 9.94. The summed E-state index contributed by atoms with van der Waals surface area (Å²) in [6, 6.07) is 6.42. The molecule has 1 aliphatic rings. The molecule has 1 N–H and O–H groups in total. The lowest BCUT2D eigenvalue weighted by atomic mass is 10.1. The third-order valence-electron chi connectivity index (χ3n) is 7.09. The van der Waals surface area contributed by atoms with Crippen molar-refractivity contribution in [2.45, 2.75) is 31.0 Å². The minimum atomic E-state index is -3.97. The average Bonchev–Trinajstić information content (AvgIpc) is 2.93. The molecular formula is C28H26F2N6O5S. The van der Waals surface area contributed by atoms with Crippen molar-refractivity contribution in [3.8, 4) is 22.7 Å². The standard InChI is InChI=1S/C28H26F2N6O5S/c1-5-22(38)34-13-16(3)35(14-15(34)2)25-17-12-19(30)24(23-18(29)8-6-10-21(23)37)32-26(17)36(28(39)33-25)20-9-7-11-31-27(20)42(4,40)41/h5-12,15-16,37H,1,13-14H2,2-4H3/t15-,16-/m0/s1. The second-order valence-electron chi connectivity index (χ2n) is 10.0. The number of anilines is 1. The maximum Gasteiger partial charge on any atom is 0.355 e. The van der Waals surface area contributed by atoms with Gasteiger partial charge in [0, 0.05) is 37.6 Å². The SMILES string of the molecule is C=CC(=O)N1C[C@H](C)N(c2nc(=O)n(-c3cccnc3S(C)(=O)=O)c3nc(-c4c(O)cccc4F)c(F)cc23)C[C@@H]1C. The Hall–Kier alpha value is -4.72. The molecule has 1 aliphatic heterocycles.